The molecule has 0 saturated heterocycles. The third-order valence-electron chi connectivity index (χ3n) is 7.09. The Balaban J connectivity index is 0.00000405. The van der Waals surface area contributed by atoms with E-state index in [0.29, 0.717) is 37.8 Å². The fraction of sp³-hybridized carbons (Fsp3) is 0.375. The van der Waals surface area contributed by atoms with Crippen LogP contribution in [0.3, 0.4) is 0 Å². The fourth-order valence-electron chi connectivity index (χ4n) is 4.84. The first-order chi connectivity index (χ1) is 19.8. The molecule has 2 heterocycles. The molecule has 0 spiro atoms. The molecule has 10 nitrogen and oxygen atoms in total. The topological polar surface area (TPSA) is 125 Å². The molecule has 1 aromatic heterocycles. The van der Waals surface area contributed by atoms with Crippen molar-refractivity contribution in [2.24, 2.45) is 5.73 Å². The standard InChI is InChI=1S/C31H36N6O4.CH4/c1-31(2,32)29(38)33-26(21-40-19-22-10-4-3-5-11-22)28-35-34-27-18-36(16-9-17-37(27)28)30(39)41-20-24-14-8-13-23-12-6-7-15-25(23)24;/h3-8,10-15,26H,9,16-21,32H2,1-2H3,(H,33,38);1H4/t26-;/m1./s1. The third-order valence-corrected chi connectivity index (χ3v) is 7.09. The van der Waals surface area contributed by atoms with Gasteiger partial charge >= 0.3 is 6.09 Å². The van der Waals surface area contributed by atoms with E-state index in [1.807, 2.05) is 77.4 Å². The number of carbonyl (C=O) groups is 2. The van der Waals surface area contributed by atoms with Gasteiger partial charge in [0, 0.05) is 13.1 Å². The zero-order valence-corrected chi connectivity index (χ0v) is 23.5. The second-order valence-electron chi connectivity index (χ2n) is 10.8. The van der Waals surface area contributed by atoms with E-state index in [-0.39, 0.29) is 33.1 Å². The molecular weight excluding hydrogens is 532 g/mol. The lowest BCUT2D eigenvalue weighted by molar-refractivity contribution is -0.126. The number of aromatic nitrogens is 3. The number of fused-ring (bicyclic) bond motifs is 2. The first-order valence-corrected chi connectivity index (χ1v) is 13.8. The van der Waals surface area contributed by atoms with Gasteiger partial charge in [0.1, 0.15) is 12.6 Å². The Kier molecular flexibility index (Phi) is 9.92. The number of benzene rings is 3. The number of ether oxygens (including phenoxy) is 2. The van der Waals surface area contributed by atoms with Gasteiger partial charge in [0.25, 0.3) is 0 Å². The molecule has 2 amide bonds. The lowest BCUT2D eigenvalue weighted by Gasteiger charge is -2.24. The first-order valence-electron chi connectivity index (χ1n) is 13.8. The fourth-order valence-corrected chi connectivity index (χ4v) is 4.84. The van der Waals surface area contributed by atoms with Gasteiger partial charge in [-0.3, -0.25) is 4.79 Å². The molecule has 10 heteroatoms. The summed E-state index contributed by atoms with van der Waals surface area (Å²) >= 11 is 0. The van der Waals surface area contributed by atoms with Gasteiger partial charge in [-0.05, 0) is 42.2 Å². The van der Waals surface area contributed by atoms with Gasteiger partial charge in [0.15, 0.2) is 11.6 Å². The van der Waals surface area contributed by atoms with Crippen LogP contribution in [0.25, 0.3) is 10.8 Å². The maximum atomic E-state index is 13.1. The quantitative estimate of drug-likeness (QED) is 0.297. The van der Waals surface area contributed by atoms with Crippen molar-refractivity contribution in [3.8, 4) is 0 Å². The molecule has 1 aliphatic rings. The van der Waals surface area contributed by atoms with Crippen molar-refractivity contribution in [1.82, 2.24) is 25.0 Å². The van der Waals surface area contributed by atoms with Crippen LogP contribution in [0.5, 0.6) is 0 Å². The molecule has 42 heavy (non-hydrogen) atoms. The molecule has 0 radical (unpaired) electrons. The molecule has 222 valence electrons. The molecule has 5 rings (SSSR count). The molecule has 0 saturated carbocycles. The minimum Gasteiger partial charge on any atom is -0.445 e. The minimum atomic E-state index is -1.08. The lowest BCUT2D eigenvalue weighted by atomic mass is 10.1. The number of carbonyl (C=O) groups excluding carboxylic acids is 2. The van der Waals surface area contributed by atoms with Crippen LogP contribution in [0, 0.1) is 0 Å². The number of nitrogens with zero attached hydrogens (tertiary/aromatic N) is 4. The predicted octanol–water partition coefficient (Wildman–Crippen LogP) is 4.72. The average Bonchev–Trinajstić information content (AvgIpc) is 3.24. The molecule has 0 bridgehead atoms. The van der Waals surface area contributed by atoms with Crippen LogP contribution in [0.15, 0.2) is 72.8 Å². The molecule has 3 N–H and O–H groups in total. The maximum Gasteiger partial charge on any atom is 0.410 e. The van der Waals surface area contributed by atoms with E-state index in [4.69, 9.17) is 15.2 Å². The summed E-state index contributed by atoms with van der Waals surface area (Å²) in [4.78, 5) is 27.6. The van der Waals surface area contributed by atoms with Crippen LogP contribution in [-0.2, 0) is 40.6 Å². The van der Waals surface area contributed by atoms with E-state index in [9.17, 15) is 9.59 Å². The van der Waals surface area contributed by atoms with E-state index < -0.39 is 17.7 Å². The summed E-state index contributed by atoms with van der Waals surface area (Å²) < 4.78 is 13.7. The Morgan fingerprint density at radius 1 is 0.976 bits per heavy atom. The number of rotatable bonds is 9. The molecule has 3 aromatic carbocycles. The van der Waals surface area contributed by atoms with Gasteiger partial charge in [0.05, 0.1) is 25.3 Å². The highest BCUT2D eigenvalue weighted by atomic mass is 16.6. The van der Waals surface area contributed by atoms with Crippen LogP contribution in [0.4, 0.5) is 4.79 Å². The van der Waals surface area contributed by atoms with E-state index in [1.165, 1.54) is 0 Å². The number of nitrogens with one attached hydrogen (secondary N) is 1. The van der Waals surface area contributed by atoms with Crippen molar-refractivity contribution in [3.05, 3.63) is 95.6 Å². The summed E-state index contributed by atoms with van der Waals surface area (Å²) in [6.45, 7) is 5.39. The SMILES string of the molecule is C.CC(C)(N)C(=O)N[C@H](COCc1ccccc1)c1nnc2n1CCCN(C(=O)OCc1cccc3ccccc13)C2. The summed E-state index contributed by atoms with van der Waals surface area (Å²) in [5.41, 5.74) is 6.96. The summed E-state index contributed by atoms with van der Waals surface area (Å²) in [6, 6.07) is 23.2. The highest BCUT2D eigenvalue weighted by Gasteiger charge is 2.31. The average molecular weight is 573 g/mol. The highest BCUT2D eigenvalue weighted by Crippen LogP contribution is 2.22. The maximum absolute atomic E-state index is 13.1. The van der Waals surface area contributed by atoms with Gasteiger partial charge in [-0.1, -0.05) is 80.2 Å². The molecule has 0 unspecified atom stereocenters. The molecule has 1 aliphatic heterocycles. The summed E-state index contributed by atoms with van der Waals surface area (Å²) in [7, 11) is 0. The lowest BCUT2D eigenvalue weighted by Crippen LogP contribution is -2.51. The zero-order chi connectivity index (χ0) is 28.8. The van der Waals surface area contributed by atoms with Gasteiger partial charge < -0.3 is 30.0 Å². The largest absolute Gasteiger partial charge is 0.445 e. The van der Waals surface area contributed by atoms with Gasteiger partial charge in [-0.2, -0.15) is 0 Å². The Morgan fingerprint density at radius 2 is 1.71 bits per heavy atom. The monoisotopic (exact) mass is 572 g/mol. The number of nitrogens with two attached hydrogens (primary N) is 1. The van der Waals surface area contributed by atoms with Crippen molar-refractivity contribution < 1.29 is 19.1 Å². The Bertz CT molecular complexity index is 1490. The van der Waals surface area contributed by atoms with Gasteiger partial charge in [0.2, 0.25) is 5.91 Å². The zero-order valence-electron chi connectivity index (χ0n) is 23.5. The molecule has 0 aliphatic carbocycles. The van der Waals surface area contributed by atoms with Gasteiger partial charge in [-0.25, -0.2) is 4.79 Å². The van der Waals surface area contributed by atoms with Crippen molar-refractivity contribution in [1.29, 1.82) is 0 Å². The van der Waals surface area contributed by atoms with E-state index >= 15 is 0 Å². The van der Waals surface area contributed by atoms with E-state index in [1.54, 1.807) is 18.7 Å². The molecular formula is C32H40N6O4. The molecule has 1 atom stereocenters. The summed E-state index contributed by atoms with van der Waals surface area (Å²) in [5.74, 6) is 0.862. The molecule has 4 aromatic rings. The van der Waals surface area contributed by atoms with Crippen LogP contribution >= 0.6 is 0 Å². The normalized spacial score (nSPS) is 13.9. The first kappa shape index (κ1) is 30.7. The second-order valence-corrected chi connectivity index (χ2v) is 10.8. The van der Waals surface area contributed by atoms with E-state index in [2.05, 4.69) is 15.5 Å². The second kappa shape index (κ2) is 13.6. The van der Waals surface area contributed by atoms with Crippen LogP contribution < -0.4 is 11.1 Å². The van der Waals surface area contributed by atoms with Crippen molar-refractivity contribution in [2.75, 3.05) is 13.2 Å². The van der Waals surface area contributed by atoms with Crippen molar-refractivity contribution >= 4 is 22.8 Å². The minimum absolute atomic E-state index is 0. The van der Waals surface area contributed by atoms with Crippen molar-refractivity contribution in [3.63, 3.8) is 0 Å². The van der Waals surface area contributed by atoms with E-state index in [0.717, 1.165) is 21.9 Å². The highest BCUT2D eigenvalue weighted by molar-refractivity contribution is 5.86. The van der Waals surface area contributed by atoms with Crippen LogP contribution in [0.1, 0.15) is 56.5 Å². The Hall–Kier alpha value is -4.28. The van der Waals surface area contributed by atoms with Gasteiger partial charge in [-0.15, -0.1) is 10.2 Å². The van der Waals surface area contributed by atoms with Crippen molar-refractivity contribution in [2.45, 2.75) is 65.6 Å². The number of amides is 2. The number of hydrogen-bond acceptors (Lipinski definition) is 7. The Morgan fingerprint density at radius 3 is 2.50 bits per heavy atom. The predicted molar refractivity (Wildman–Crippen MR) is 161 cm³/mol. The smallest absolute Gasteiger partial charge is 0.410 e. The summed E-state index contributed by atoms with van der Waals surface area (Å²) in [6.07, 6.45) is 0.270. The number of hydrogen-bond donors (Lipinski definition) is 2. The molecule has 0 fully saturated rings. The summed E-state index contributed by atoms with van der Waals surface area (Å²) in [5, 5.41) is 14.0. The van der Waals surface area contributed by atoms with Crippen LogP contribution in [-0.4, -0.2) is 50.4 Å². The third kappa shape index (κ3) is 7.32. The Labute approximate surface area is 246 Å². The van der Waals surface area contributed by atoms with Crippen LogP contribution in [0.2, 0.25) is 0 Å².